The van der Waals surface area contributed by atoms with Crippen molar-refractivity contribution in [1.29, 1.82) is 0 Å². The first kappa shape index (κ1) is 17.7. The van der Waals surface area contributed by atoms with E-state index in [1.54, 1.807) is 31.4 Å². The Hall–Kier alpha value is -1.62. The van der Waals surface area contributed by atoms with Crippen LogP contribution in [-0.2, 0) is 13.9 Å². The van der Waals surface area contributed by atoms with E-state index < -0.39 is 19.5 Å². The van der Waals surface area contributed by atoms with Crippen molar-refractivity contribution >= 4 is 18.8 Å². The van der Waals surface area contributed by atoms with Crippen LogP contribution in [0.15, 0.2) is 36.9 Å². The number of methoxy groups -OCH3 is 1. The predicted octanol–water partition coefficient (Wildman–Crippen LogP) is 2.66. The molecule has 0 aromatic heterocycles. The van der Waals surface area contributed by atoms with E-state index in [0.717, 1.165) is 12.8 Å². The van der Waals surface area contributed by atoms with Crippen LogP contribution in [0, 0.1) is 0 Å². The minimum Gasteiger partial charge on any atom is -0.497 e. The maximum absolute atomic E-state index is 13.6. The second-order valence-corrected chi connectivity index (χ2v) is 7.63. The molecule has 6 nitrogen and oxygen atoms in total. The molecule has 0 bridgehead atoms. The number of benzene rings is 1. The molecule has 2 rings (SSSR count). The highest BCUT2D eigenvalue weighted by molar-refractivity contribution is 7.64. The van der Waals surface area contributed by atoms with E-state index in [-0.39, 0.29) is 6.42 Å². The maximum atomic E-state index is 13.6. The van der Waals surface area contributed by atoms with Crippen LogP contribution in [0.25, 0.3) is 0 Å². The van der Waals surface area contributed by atoms with Gasteiger partial charge in [-0.3, -0.25) is 9.36 Å². The van der Waals surface area contributed by atoms with Crippen molar-refractivity contribution in [2.45, 2.75) is 25.3 Å². The zero-order chi connectivity index (χ0) is 16.9. The molecule has 126 valence electrons. The Morgan fingerprint density at radius 3 is 2.74 bits per heavy atom. The molecule has 2 atom stereocenters. The number of carboxylic acids is 1. The highest BCUT2D eigenvalue weighted by atomic mass is 31.2. The van der Waals surface area contributed by atoms with Gasteiger partial charge in [0.1, 0.15) is 11.8 Å². The van der Waals surface area contributed by atoms with Crippen LogP contribution in [0.3, 0.4) is 0 Å². The molecule has 7 heteroatoms. The predicted molar refractivity (Wildman–Crippen MR) is 88.4 cm³/mol. The molecule has 0 saturated carbocycles. The fourth-order valence-electron chi connectivity index (χ4n) is 2.61. The zero-order valence-electron chi connectivity index (χ0n) is 13.2. The summed E-state index contributed by atoms with van der Waals surface area (Å²) < 4.78 is 25.9. The van der Waals surface area contributed by atoms with Crippen LogP contribution in [0.1, 0.15) is 19.3 Å². The molecule has 1 aromatic carbocycles. The lowest BCUT2D eigenvalue weighted by Crippen LogP contribution is -2.41. The van der Waals surface area contributed by atoms with Crippen LogP contribution < -0.4 is 10.0 Å². The first-order valence-electron chi connectivity index (χ1n) is 7.53. The van der Waals surface area contributed by atoms with E-state index in [4.69, 9.17) is 9.26 Å². The van der Waals surface area contributed by atoms with Gasteiger partial charge in [-0.05, 0) is 43.5 Å². The van der Waals surface area contributed by atoms with Gasteiger partial charge in [0.25, 0.3) is 0 Å². The molecule has 1 saturated heterocycles. The van der Waals surface area contributed by atoms with Crippen molar-refractivity contribution in [2.24, 2.45) is 0 Å². The van der Waals surface area contributed by atoms with Crippen molar-refractivity contribution < 1.29 is 23.7 Å². The molecule has 2 unspecified atom stereocenters. The number of nitrogens with zero attached hydrogens (tertiary/aromatic N) is 1. The van der Waals surface area contributed by atoms with Crippen molar-refractivity contribution in [3.8, 4) is 5.75 Å². The third-order valence-corrected chi connectivity index (χ3v) is 6.46. The minimum atomic E-state index is -3.44. The number of hydrogen-bond donors (Lipinski definition) is 1. The number of rotatable bonds is 6. The Bertz CT molecular complexity index is 601. The van der Waals surface area contributed by atoms with Gasteiger partial charge in [-0.2, -0.15) is 0 Å². The molecule has 0 amide bonds. The molecular formula is C16H22NO5P. The van der Waals surface area contributed by atoms with Crippen LogP contribution in [0.4, 0.5) is 0 Å². The lowest BCUT2D eigenvalue weighted by atomic mass is 10.2. The molecule has 0 spiro atoms. The quantitative estimate of drug-likeness (QED) is 0.634. The second kappa shape index (κ2) is 7.77. The standard InChI is InChI=1S/C16H22NO5P/c1-3-6-15(16(18)19)17-11-4-5-12-22-23(17,20)14-9-7-13(21-2)8-10-14/h3,7-10,15H,1,4-6,11-12H2,2H3,(H,18,19). The lowest BCUT2D eigenvalue weighted by Gasteiger charge is -2.33. The van der Waals surface area contributed by atoms with E-state index in [1.165, 1.54) is 10.7 Å². The van der Waals surface area contributed by atoms with Crippen LogP contribution in [-0.4, -0.2) is 42.0 Å². The largest absolute Gasteiger partial charge is 0.497 e. The van der Waals surface area contributed by atoms with Crippen LogP contribution in [0.2, 0.25) is 0 Å². The van der Waals surface area contributed by atoms with Gasteiger partial charge in [0, 0.05) is 6.54 Å². The molecule has 23 heavy (non-hydrogen) atoms. The van der Waals surface area contributed by atoms with Gasteiger partial charge in [-0.15, -0.1) is 6.58 Å². The Balaban J connectivity index is 2.44. The highest BCUT2D eigenvalue weighted by Crippen LogP contribution is 2.53. The first-order chi connectivity index (χ1) is 11.0. The summed E-state index contributed by atoms with van der Waals surface area (Å²) in [6.07, 6.45) is 3.22. The molecular weight excluding hydrogens is 317 g/mol. The monoisotopic (exact) mass is 339 g/mol. The zero-order valence-corrected chi connectivity index (χ0v) is 14.1. The van der Waals surface area contributed by atoms with Gasteiger partial charge < -0.3 is 14.4 Å². The van der Waals surface area contributed by atoms with Gasteiger partial charge in [0.2, 0.25) is 0 Å². The molecule has 1 heterocycles. The number of ether oxygens (including phenoxy) is 1. The molecule has 1 fully saturated rings. The number of carboxylic acid groups (broad SMARTS) is 1. The highest BCUT2D eigenvalue weighted by Gasteiger charge is 2.42. The van der Waals surface area contributed by atoms with E-state index in [2.05, 4.69) is 6.58 Å². The fraction of sp³-hybridized carbons (Fsp3) is 0.438. The van der Waals surface area contributed by atoms with Crippen molar-refractivity contribution in [2.75, 3.05) is 20.3 Å². The van der Waals surface area contributed by atoms with Gasteiger partial charge in [0.05, 0.1) is 19.0 Å². The molecule has 1 aromatic rings. The van der Waals surface area contributed by atoms with E-state index in [9.17, 15) is 14.5 Å². The lowest BCUT2D eigenvalue weighted by molar-refractivity contribution is -0.141. The van der Waals surface area contributed by atoms with Crippen molar-refractivity contribution in [3.05, 3.63) is 36.9 Å². The summed E-state index contributed by atoms with van der Waals surface area (Å²) in [6, 6.07) is 5.82. The number of hydrogen-bond acceptors (Lipinski definition) is 4. The third kappa shape index (κ3) is 3.83. The second-order valence-electron chi connectivity index (χ2n) is 5.30. The summed E-state index contributed by atoms with van der Waals surface area (Å²) in [5.74, 6) is -0.383. The fourth-order valence-corrected chi connectivity index (χ4v) is 5.07. The average Bonchev–Trinajstić information content (AvgIpc) is 2.75. The Kier molecular flexibility index (Phi) is 5.99. The summed E-state index contributed by atoms with van der Waals surface area (Å²) >= 11 is 0. The summed E-state index contributed by atoms with van der Waals surface area (Å²) in [5.41, 5.74) is 0. The molecule has 1 N–H and O–H groups in total. The smallest absolute Gasteiger partial charge is 0.321 e. The SMILES string of the molecule is C=CCC(C(=O)O)N1CCCCOP1(=O)c1ccc(OC)cc1. The summed E-state index contributed by atoms with van der Waals surface area (Å²) in [4.78, 5) is 11.6. The van der Waals surface area contributed by atoms with Crippen molar-refractivity contribution in [3.63, 3.8) is 0 Å². The molecule has 0 radical (unpaired) electrons. The average molecular weight is 339 g/mol. The Labute approximate surface area is 136 Å². The normalized spacial score (nSPS) is 23.7. The van der Waals surface area contributed by atoms with Crippen LogP contribution in [0.5, 0.6) is 5.75 Å². The van der Waals surface area contributed by atoms with Crippen molar-refractivity contribution in [1.82, 2.24) is 4.67 Å². The van der Waals surface area contributed by atoms with Crippen LogP contribution >= 0.6 is 7.52 Å². The Morgan fingerprint density at radius 1 is 1.48 bits per heavy atom. The summed E-state index contributed by atoms with van der Waals surface area (Å²) in [6.45, 7) is 4.37. The van der Waals surface area contributed by atoms with E-state index in [1.807, 2.05) is 0 Å². The summed E-state index contributed by atoms with van der Waals surface area (Å²) in [5, 5.41) is 10.0. The minimum absolute atomic E-state index is 0.207. The van der Waals surface area contributed by atoms with Gasteiger partial charge in [-0.1, -0.05) is 6.08 Å². The van der Waals surface area contributed by atoms with E-state index >= 15 is 0 Å². The maximum Gasteiger partial charge on any atom is 0.321 e. The third-order valence-electron chi connectivity index (χ3n) is 3.82. The Morgan fingerprint density at radius 2 is 2.17 bits per heavy atom. The van der Waals surface area contributed by atoms with Gasteiger partial charge in [0.15, 0.2) is 0 Å². The molecule has 1 aliphatic rings. The topological polar surface area (TPSA) is 76.1 Å². The van der Waals surface area contributed by atoms with E-state index in [0.29, 0.717) is 24.2 Å². The van der Waals surface area contributed by atoms with Gasteiger partial charge in [-0.25, -0.2) is 4.67 Å². The number of carbonyl (C=O) groups is 1. The molecule has 0 aliphatic carbocycles. The summed E-state index contributed by atoms with van der Waals surface area (Å²) in [7, 11) is -1.89. The van der Waals surface area contributed by atoms with Gasteiger partial charge >= 0.3 is 13.5 Å². The first-order valence-corrected chi connectivity index (χ1v) is 9.10. The number of aliphatic carboxylic acids is 1. The molecule has 1 aliphatic heterocycles.